The molecule has 0 atom stereocenters. The van der Waals surface area contributed by atoms with E-state index in [1.807, 2.05) is 0 Å². The molecule has 1 heterocycles. The molecule has 2 amide bonds. The van der Waals surface area contributed by atoms with Crippen LogP contribution in [0.15, 0.2) is 39.8 Å². The van der Waals surface area contributed by atoms with E-state index in [1.54, 1.807) is 13.0 Å². The molecule has 0 aliphatic carbocycles. The number of benzene rings is 1. The van der Waals surface area contributed by atoms with Crippen LogP contribution >= 0.6 is 0 Å². The summed E-state index contributed by atoms with van der Waals surface area (Å²) in [6, 6.07) is 7.22. The van der Waals surface area contributed by atoms with E-state index < -0.39 is 21.8 Å². The number of amides is 2. The number of hydrogen-bond acceptors (Lipinski definition) is 6. The molecule has 10 heteroatoms. The van der Waals surface area contributed by atoms with E-state index in [0.717, 1.165) is 4.31 Å². The number of carbonyl (C=O) groups is 2. The molecule has 1 aromatic heterocycles. The van der Waals surface area contributed by atoms with Gasteiger partial charge < -0.3 is 14.7 Å². The van der Waals surface area contributed by atoms with Crippen LogP contribution in [0.2, 0.25) is 0 Å². The summed E-state index contributed by atoms with van der Waals surface area (Å²) in [5.74, 6) is -0.130. The SMILES string of the molecule is Cc1cc(NC(=O)CN(C)C(=O)c2cccc(S(=O)(=O)N(C)C)c2)no1. The molecule has 0 saturated carbocycles. The average Bonchev–Trinajstić information content (AvgIpc) is 2.98. The predicted molar refractivity (Wildman–Crippen MR) is 94.1 cm³/mol. The lowest BCUT2D eigenvalue weighted by atomic mass is 10.2. The zero-order valence-corrected chi connectivity index (χ0v) is 15.7. The van der Waals surface area contributed by atoms with Crippen molar-refractivity contribution in [1.29, 1.82) is 0 Å². The minimum Gasteiger partial charge on any atom is -0.360 e. The van der Waals surface area contributed by atoms with Gasteiger partial charge in [0.05, 0.1) is 11.4 Å². The highest BCUT2D eigenvalue weighted by atomic mass is 32.2. The minimum absolute atomic E-state index is 0.00396. The van der Waals surface area contributed by atoms with Crippen LogP contribution in [-0.2, 0) is 14.8 Å². The summed E-state index contributed by atoms with van der Waals surface area (Å²) < 4.78 is 30.3. The molecular formula is C16H20N4O5S. The maximum Gasteiger partial charge on any atom is 0.254 e. The molecule has 1 N–H and O–H groups in total. The van der Waals surface area contributed by atoms with Gasteiger partial charge in [0.25, 0.3) is 5.91 Å². The lowest BCUT2D eigenvalue weighted by molar-refractivity contribution is -0.116. The summed E-state index contributed by atoms with van der Waals surface area (Å²) in [5, 5.41) is 6.15. The van der Waals surface area contributed by atoms with Crippen LogP contribution in [0.4, 0.5) is 5.82 Å². The maximum atomic E-state index is 12.5. The molecule has 140 valence electrons. The van der Waals surface area contributed by atoms with Crippen LogP contribution in [0, 0.1) is 6.92 Å². The summed E-state index contributed by atoms with van der Waals surface area (Å²) in [5.41, 5.74) is 0.167. The van der Waals surface area contributed by atoms with Gasteiger partial charge >= 0.3 is 0 Å². The number of nitrogens with zero attached hydrogens (tertiary/aromatic N) is 3. The van der Waals surface area contributed by atoms with Gasteiger partial charge in [-0.15, -0.1) is 0 Å². The predicted octanol–water partition coefficient (Wildman–Crippen LogP) is 0.944. The van der Waals surface area contributed by atoms with Crippen molar-refractivity contribution in [2.45, 2.75) is 11.8 Å². The van der Waals surface area contributed by atoms with Crippen molar-refractivity contribution in [2.24, 2.45) is 0 Å². The zero-order chi connectivity index (χ0) is 19.5. The highest BCUT2D eigenvalue weighted by Gasteiger charge is 2.21. The summed E-state index contributed by atoms with van der Waals surface area (Å²) >= 11 is 0. The molecule has 9 nitrogen and oxygen atoms in total. The summed E-state index contributed by atoms with van der Waals surface area (Å²) in [6.07, 6.45) is 0. The molecule has 26 heavy (non-hydrogen) atoms. The molecule has 0 fully saturated rings. The van der Waals surface area contributed by atoms with Crippen LogP contribution in [0.5, 0.6) is 0 Å². The number of aromatic nitrogens is 1. The average molecular weight is 380 g/mol. The van der Waals surface area contributed by atoms with Crippen molar-refractivity contribution in [1.82, 2.24) is 14.4 Å². The lowest BCUT2D eigenvalue weighted by Crippen LogP contribution is -2.35. The molecule has 2 rings (SSSR count). The Balaban J connectivity index is 2.09. The van der Waals surface area contributed by atoms with Crippen molar-refractivity contribution in [2.75, 3.05) is 33.0 Å². The van der Waals surface area contributed by atoms with Gasteiger partial charge in [0.1, 0.15) is 5.76 Å². The second-order valence-electron chi connectivity index (χ2n) is 5.85. The van der Waals surface area contributed by atoms with Crippen LogP contribution < -0.4 is 5.32 Å². The first-order chi connectivity index (χ1) is 12.1. The Morgan fingerprint density at radius 2 is 1.88 bits per heavy atom. The Morgan fingerprint density at radius 1 is 1.19 bits per heavy atom. The van der Waals surface area contributed by atoms with E-state index in [-0.39, 0.29) is 22.8 Å². The number of rotatable bonds is 6. The molecule has 1 aromatic carbocycles. The third-order valence-electron chi connectivity index (χ3n) is 3.48. The third-order valence-corrected chi connectivity index (χ3v) is 5.29. The van der Waals surface area contributed by atoms with Gasteiger partial charge in [0.15, 0.2) is 5.82 Å². The van der Waals surface area contributed by atoms with Gasteiger partial charge in [-0.1, -0.05) is 11.2 Å². The van der Waals surface area contributed by atoms with Crippen LogP contribution in [0.1, 0.15) is 16.1 Å². The molecule has 0 spiro atoms. The Kier molecular flexibility index (Phi) is 5.78. The first-order valence-electron chi connectivity index (χ1n) is 7.62. The van der Waals surface area contributed by atoms with E-state index in [2.05, 4.69) is 10.5 Å². The van der Waals surface area contributed by atoms with Crippen LogP contribution in [0.25, 0.3) is 0 Å². The van der Waals surface area contributed by atoms with E-state index in [9.17, 15) is 18.0 Å². The fraction of sp³-hybridized carbons (Fsp3) is 0.312. The topological polar surface area (TPSA) is 113 Å². The Morgan fingerprint density at radius 3 is 2.46 bits per heavy atom. The number of likely N-dealkylation sites (N-methyl/N-ethyl adjacent to an activating group) is 1. The van der Waals surface area contributed by atoms with E-state index in [4.69, 9.17) is 4.52 Å². The highest BCUT2D eigenvalue weighted by Crippen LogP contribution is 2.16. The van der Waals surface area contributed by atoms with Crippen molar-refractivity contribution in [3.05, 3.63) is 41.7 Å². The van der Waals surface area contributed by atoms with Gasteiger partial charge in [0.2, 0.25) is 15.9 Å². The minimum atomic E-state index is -3.66. The number of nitrogens with one attached hydrogen (secondary N) is 1. The number of sulfonamides is 1. The second-order valence-corrected chi connectivity index (χ2v) is 8.00. The fourth-order valence-corrected chi connectivity index (χ4v) is 3.06. The molecule has 2 aromatic rings. The van der Waals surface area contributed by atoms with Crippen molar-refractivity contribution >= 4 is 27.7 Å². The van der Waals surface area contributed by atoms with E-state index in [0.29, 0.717) is 5.76 Å². The Hall–Kier alpha value is -2.72. The number of anilines is 1. The smallest absolute Gasteiger partial charge is 0.254 e. The quantitative estimate of drug-likeness (QED) is 0.798. The van der Waals surface area contributed by atoms with Gasteiger partial charge in [-0.3, -0.25) is 9.59 Å². The van der Waals surface area contributed by atoms with E-state index >= 15 is 0 Å². The van der Waals surface area contributed by atoms with Gasteiger partial charge in [-0.05, 0) is 25.1 Å². The van der Waals surface area contributed by atoms with Gasteiger partial charge in [-0.2, -0.15) is 0 Å². The number of hydrogen-bond donors (Lipinski definition) is 1. The van der Waals surface area contributed by atoms with Gasteiger partial charge in [0, 0.05) is 32.8 Å². The maximum absolute atomic E-state index is 12.5. The molecular weight excluding hydrogens is 360 g/mol. The molecule has 0 radical (unpaired) electrons. The monoisotopic (exact) mass is 380 g/mol. The third kappa shape index (κ3) is 4.46. The molecule has 0 saturated heterocycles. The van der Waals surface area contributed by atoms with Crippen molar-refractivity contribution < 1.29 is 22.5 Å². The summed E-state index contributed by atoms with van der Waals surface area (Å²) in [4.78, 5) is 25.7. The summed E-state index contributed by atoms with van der Waals surface area (Å²) in [6.45, 7) is 1.46. The standard InChI is InChI=1S/C16H20N4O5S/c1-11-8-14(18-25-11)17-15(21)10-20(4)16(22)12-6-5-7-13(9-12)26(23,24)19(2)3/h5-9H,10H2,1-4H3,(H,17,18,21). The second kappa shape index (κ2) is 7.67. The molecule has 0 unspecified atom stereocenters. The summed E-state index contributed by atoms with van der Waals surface area (Å²) in [7, 11) is 0.609. The van der Waals surface area contributed by atoms with E-state index in [1.165, 1.54) is 50.3 Å². The lowest BCUT2D eigenvalue weighted by Gasteiger charge is -2.17. The molecule has 0 bridgehead atoms. The number of aryl methyl sites for hydroxylation is 1. The van der Waals surface area contributed by atoms with Crippen molar-refractivity contribution in [3.8, 4) is 0 Å². The first kappa shape index (κ1) is 19.6. The highest BCUT2D eigenvalue weighted by molar-refractivity contribution is 7.89. The number of carbonyl (C=O) groups excluding carboxylic acids is 2. The normalized spacial score (nSPS) is 11.4. The van der Waals surface area contributed by atoms with Crippen molar-refractivity contribution in [3.63, 3.8) is 0 Å². The van der Waals surface area contributed by atoms with Crippen LogP contribution in [0.3, 0.4) is 0 Å². The molecule has 0 aliphatic rings. The van der Waals surface area contributed by atoms with Crippen LogP contribution in [-0.4, -0.2) is 62.3 Å². The first-order valence-corrected chi connectivity index (χ1v) is 9.06. The molecule has 0 aliphatic heterocycles. The fourth-order valence-electron chi connectivity index (χ4n) is 2.12. The van der Waals surface area contributed by atoms with Gasteiger partial charge in [-0.25, -0.2) is 12.7 Å². The zero-order valence-electron chi connectivity index (χ0n) is 14.9. The largest absolute Gasteiger partial charge is 0.360 e. The Bertz CT molecular complexity index is 920. The Labute approximate surface area is 151 Å².